The molecule has 0 unspecified atom stereocenters. The van der Waals surface area contributed by atoms with Gasteiger partial charge in [0.2, 0.25) is 11.8 Å². The number of imide groups is 2. The summed E-state index contributed by atoms with van der Waals surface area (Å²) in [5.74, 6) is -7.65. The maximum Gasteiger partial charge on any atom is 0.417 e. The van der Waals surface area contributed by atoms with Gasteiger partial charge in [-0.15, -0.1) is 0 Å². The molecule has 2 N–H and O–H groups in total. The van der Waals surface area contributed by atoms with Crippen LogP contribution in [0.15, 0.2) is 97.2 Å². The molecule has 0 radical (unpaired) electrons. The second-order valence-corrected chi connectivity index (χ2v) is 15.0. The number of alkyl halides is 3. The highest BCUT2D eigenvalue weighted by Gasteiger charge is 2.70. The van der Waals surface area contributed by atoms with Crippen molar-refractivity contribution < 1.29 is 42.2 Å². The van der Waals surface area contributed by atoms with Crippen LogP contribution in [0.2, 0.25) is 10.0 Å². The number of fused-ring (bicyclic) bond motifs is 4. The van der Waals surface area contributed by atoms with E-state index in [0.29, 0.717) is 44.9 Å². The largest absolute Gasteiger partial charge is 0.508 e. The van der Waals surface area contributed by atoms with E-state index < -0.39 is 81.2 Å². The van der Waals surface area contributed by atoms with Crippen LogP contribution in [0.4, 0.5) is 24.7 Å². The molecular formula is C41H31Cl2F3N4O6. The first-order chi connectivity index (χ1) is 26.7. The van der Waals surface area contributed by atoms with E-state index in [4.69, 9.17) is 27.9 Å². The lowest BCUT2D eigenvalue weighted by Crippen LogP contribution is -2.53. The Balaban J connectivity index is 1.32. The first-order valence-electron chi connectivity index (χ1n) is 17.5. The minimum atomic E-state index is -4.76. The number of halogens is 5. The third kappa shape index (κ3) is 5.58. The number of ether oxygens (including phenoxy) is 1. The number of carbonyl (C=O) groups excluding carboxylic acids is 4. The zero-order valence-corrected chi connectivity index (χ0v) is 30.9. The number of hydrogen-bond acceptors (Lipinski definition) is 8. The maximum atomic E-state index is 15.3. The molecule has 15 heteroatoms. The maximum absolute atomic E-state index is 15.3. The number of allylic oxidation sites excluding steroid dienone is 2. The SMILES string of the molecule is C=Cc1ccc(N2C(=O)[C@H]3[C@H](CC=C4[C@H]3C[C@H]3C(=O)N(Nc5ncc(C(F)(F)F)cc5Cl)C(=O)[C@@]3(c3ccc(Cl)cc3)[C@H]4c3cc(OC)ccc3O)C2=O)cc1. The van der Waals surface area contributed by atoms with Crippen molar-refractivity contribution in [2.75, 3.05) is 17.4 Å². The zero-order chi connectivity index (χ0) is 39.8. The van der Waals surface area contributed by atoms with Gasteiger partial charge in [-0.1, -0.05) is 71.8 Å². The molecule has 8 rings (SSSR count). The molecule has 3 aromatic carbocycles. The average Bonchev–Trinajstić information content (AvgIpc) is 3.56. The standard InChI is InChI=1S/C41H31Cl2F3N4O6/c1-3-20-4-10-24(11-5-20)49-36(52)27-14-13-26-28(33(27)38(49)54)18-30-37(53)50(48-35-31(43)16-22(19-47-35)41(44,45)46)39(55)40(30,21-6-8-23(42)9-7-21)34(26)29-17-25(56-2)12-15-32(29)51/h3-13,15-17,19,27-28,30,33-34,51H,1,14,18H2,2H3,(H,47,48)/t27-,28+,30-,33-,34+,40+/m0/s1. The van der Waals surface area contributed by atoms with Crippen molar-refractivity contribution in [3.63, 3.8) is 0 Å². The minimum Gasteiger partial charge on any atom is -0.508 e. The molecule has 6 atom stereocenters. The number of phenols is 1. The number of amides is 4. The number of nitrogens with zero attached hydrogens (tertiary/aromatic N) is 3. The van der Waals surface area contributed by atoms with Crippen LogP contribution in [0.3, 0.4) is 0 Å². The Labute approximate surface area is 328 Å². The number of benzene rings is 3. The van der Waals surface area contributed by atoms with E-state index in [1.54, 1.807) is 60.7 Å². The molecule has 10 nitrogen and oxygen atoms in total. The summed E-state index contributed by atoms with van der Waals surface area (Å²) in [6.07, 6.45) is -0.746. The topological polar surface area (TPSA) is 129 Å². The van der Waals surface area contributed by atoms with Gasteiger partial charge < -0.3 is 9.84 Å². The third-order valence-electron chi connectivity index (χ3n) is 11.5. The van der Waals surface area contributed by atoms with Crippen molar-refractivity contribution in [3.8, 4) is 11.5 Å². The summed E-state index contributed by atoms with van der Waals surface area (Å²) >= 11 is 12.6. The van der Waals surface area contributed by atoms with Crippen LogP contribution in [-0.2, 0) is 30.8 Å². The second-order valence-electron chi connectivity index (χ2n) is 14.2. The molecule has 0 spiro atoms. The van der Waals surface area contributed by atoms with Gasteiger partial charge in [-0.3, -0.25) is 29.5 Å². The number of aromatic hydroxyl groups is 1. The number of hydrogen-bond donors (Lipinski definition) is 2. The molecule has 3 heterocycles. The van der Waals surface area contributed by atoms with Crippen LogP contribution in [-0.4, -0.2) is 45.8 Å². The van der Waals surface area contributed by atoms with Crippen molar-refractivity contribution in [1.29, 1.82) is 0 Å². The van der Waals surface area contributed by atoms with Crippen LogP contribution in [0, 0.1) is 23.7 Å². The summed E-state index contributed by atoms with van der Waals surface area (Å²) in [4.78, 5) is 63.8. The predicted octanol–water partition coefficient (Wildman–Crippen LogP) is 7.95. The average molecular weight is 804 g/mol. The molecule has 56 heavy (non-hydrogen) atoms. The molecule has 4 aliphatic rings. The van der Waals surface area contributed by atoms with Gasteiger partial charge in [-0.25, -0.2) is 4.98 Å². The molecule has 4 aromatic rings. The lowest BCUT2D eigenvalue weighted by atomic mass is 9.49. The van der Waals surface area contributed by atoms with Gasteiger partial charge in [0, 0.05) is 22.7 Å². The molecular weight excluding hydrogens is 772 g/mol. The highest BCUT2D eigenvalue weighted by molar-refractivity contribution is 6.33. The minimum absolute atomic E-state index is 0.0873. The van der Waals surface area contributed by atoms with E-state index in [9.17, 15) is 32.7 Å². The lowest BCUT2D eigenvalue weighted by Gasteiger charge is -2.50. The van der Waals surface area contributed by atoms with Crippen molar-refractivity contribution in [3.05, 3.63) is 130 Å². The number of pyridine rings is 1. The Morgan fingerprint density at radius 2 is 1.68 bits per heavy atom. The van der Waals surface area contributed by atoms with Crippen molar-refractivity contribution in [2.45, 2.75) is 30.4 Å². The summed E-state index contributed by atoms with van der Waals surface area (Å²) in [5.41, 5.74) is 1.89. The Kier molecular flexibility index (Phi) is 9.00. The zero-order valence-electron chi connectivity index (χ0n) is 29.4. The number of rotatable bonds is 7. The summed E-state index contributed by atoms with van der Waals surface area (Å²) in [7, 11) is 1.43. The van der Waals surface area contributed by atoms with Crippen LogP contribution in [0.1, 0.15) is 41.0 Å². The van der Waals surface area contributed by atoms with Crippen LogP contribution >= 0.6 is 23.2 Å². The van der Waals surface area contributed by atoms with E-state index in [1.165, 1.54) is 19.2 Å². The van der Waals surface area contributed by atoms with Crippen LogP contribution < -0.4 is 15.1 Å². The van der Waals surface area contributed by atoms with E-state index in [-0.39, 0.29) is 24.2 Å². The van der Waals surface area contributed by atoms with Crippen molar-refractivity contribution in [1.82, 2.24) is 9.99 Å². The van der Waals surface area contributed by atoms with Gasteiger partial charge in [0.1, 0.15) is 11.5 Å². The Morgan fingerprint density at radius 1 is 0.964 bits per heavy atom. The molecule has 286 valence electrons. The summed E-state index contributed by atoms with van der Waals surface area (Å²) in [6, 6.07) is 18.2. The molecule has 2 aliphatic heterocycles. The predicted molar refractivity (Wildman–Crippen MR) is 201 cm³/mol. The van der Waals surface area contributed by atoms with E-state index in [2.05, 4.69) is 17.0 Å². The van der Waals surface area contributed by atoms with Crippen molar-refractivity contribution >= 4 is 64.4 Å². The normalized spacial score (nSPS) is 25.8. The van der Waals surface area contributed by atoms with Crippen LogP contribution in [0.5, 0.6) is 11.5 Å². The first-order valence-corrected chi connectivity index (χ1v) is 18.3. The van der Waals surface area contributed by atoms with Gasteiger partial charge in [-0.05, 0) is 78.4 Å². The van der Waals surface area contributed by atoms with E-state index in [1.807, 2.05) is 6.08 Å². The number of methoxy groups -OCH3 is 1. The number of hydrazine groups is 1. The number of carbonyl (C=O) groups is 4. The fourth-order valence-electron chi connectivity index (χ4n) is 9.03. The fourth-order valence-corrected chi connectivity index (χ4v) is 9.37. The fraction of sp³-hybridized carbons (Fsp3) is 0.244. The number of anilines is 2. The quantitative estimate of drug-likeness (QED) is 0.142. The van der Waals surface area contributed by atoms with Gasteiger partial charge in [0.25, 0.3) is 11.8 Å². The molecule has 0 bridgehead atoms. The van der Waals surface area contributed by atoms with Gasteiger partial charge >= 0.3 is 6.18 Å². The van der Waals surface area contributed by atoms with Gasteiger partial charge in [-0.2, -0.15) is 18.2 Å². The summed E-state index contributed by atoms with van der Waals surface area (Å²) < 4.78 is 46.0. The third-order valence-corrected chi connectivity index (χ3v) is 12.0. The van der Waals surface area contributed by atoms with Gasteiger partial charge in [0.15, 0.2) is 5.82 Å². The Bertz CT molecular complexity index is 2370. The summed E-state index contributed by atoms with van der Waals surface area (Å²) in [5, 5.41) is 12.1. The molecule has 1 saturated carbocycles. The lowest BCUT2D eigenvalue weighted by molar-refractivity contribution is -0.139. The highest BCUT2D eigenvalue weighted by atomic mass is 35.5. The Morgan fingerprint density at radius 3 is 2.32 bits per heavy atom. The molecule has 2 aliphatic carbocycles. The molecule has 3 fully saturated rings. The number of phenolic OH excluding ortho intramolecular Hbond substituents is 1. The highest BCUT2D eigenvalue weighted by Crippen LogP contribution is 2.65. The molecule has 1 aromatic heterocycles. The van der Waals surface area contributed by atoms with Crippen molar-refractivity contribution in [2.24, 2.45) is 23.7 Å². The molecule has 2 saturated heterocycles. The number of aromatic nitrogens is 1. The van der Waals surface area contributed by atoms with Crippen LogP contribution in [0.25, 0.3) is 6.08 Å². The Hall–Kier alpha value is -5.66. The van der Waals surface area contributed by atoms with E-state index in [0.717, 1.165) is 10.5 Å². The smallest absolute Gasteiger partial charge is 0.417 e. The monoisotopic (exact) mass is 802 g/mol. The first kappa shape index (κ1) is 37.3. The number of nitrogens with one attached hydrogen (secondary N) is 1. The summed E-state index contributed by atoms with van der Waals surface area (Å²) in [6.45, 7) is 3.76. The second kappa shape index (κ2) is 13.5. The van der Waals surface area contributed by atoms with Gasteiger partial charge in [0.05, 0.1) is 46.6 Å². The van der Waals surface area contributed by atoms with E-state index >= 15 is 4.79 Å². The molecule has 4 amide bonds.